The molecule has 1 saturated heterocycles. The van der Waals surface area contributed by atoms with Gasteiger partial charge in [-0.3, -0.25) is 19.2 Å². The van der Waals surface area contributed by atoms with Crippen LogP contribution in [-0.4, -0.2) is 107 Å². The van der Waals surface area contributed by atoms with Gasteiger partial charge in [0, 0.05) is 27.0 Å². The van der Waals surface area contributed by atoms with E-state index in [9.17, 15) is 39.6 Å². The van der Waals surface area contributed by atoms with Gasteiger partial charge in [0.05, 0.1) is 6.61 Å². The highest BCUT2D eigenvalue weighted by molar-refractivity contribution is 5.72. The second-order valence-corrected chi connectivity index (χ2v) is 12.7. The Bertz CT molecular complexity index is 984. The Labute approximate surface area is 298 Å². The second-order valence-electron chi connectivity index (χ2n) is 12.7. The van der Waals surface area contributed by atoms with Gasteiger partial charge >= 0.3 is 23.9 Å². The SMILES string of the molecule is [2H]C(CCCCCC)C(=O)O[C@@H]1C(OC(O)[C@@H](O)[C@H](O)CO)O[C@H](COC(=O)CCCCC)[C@@H](OC(=O)CCCCC)[C@@H]1OC(=O)CCCCC. The molecule has 14 heteroatoms. The Morgan fingerprint density at radius 1 is 0.640 bits per heavy atom. The van der Waals surface area contributed by atoms with E-state index in [4.69, 9.17) is 29.8 Å². The quantitative estimate of drug-likeness (QED) is 0.0388. The highest BCUT2D eigenvalue weighted by Gasteiger charge is 2.54. The number of ether oxygens (including phenoxy) is 6. The maximum atomic E-state index is 13.3. The first kappa shape index (κ1) is 43.8. The van der Waals surface area contributed by atoms with E-state index < -0.39 is 92.7 Å². The summed E-state index contributed by atoms with van der Waals surface area (Å²) in [4.78, 5) is 52.3. The van der Waals surface area contributed by atoms with Crippen LogP contribution in [0.25, 0.3) is 0 Å². The number of aliphatic hydroxyl groups is 4. The van der Waals surface area contributed by atoms with Gasteiger partial charge in [0.15, 0.2) is 24.6 Å². The standard InChI is InChI=1S/C36H64O14/c1-5-9-13-14-18-22-30(42)49-34-33(48-29(41)21-17-12-8-4)32(47-28(40)20-16-11-7-3)26(24-45-27(39)19-15-10-6-2)46-36(34)50-35(44)31(43)25(38)23-37/h25-26,31-38,43-44H,5-24H2,1-4H3/t25-,26-,31+,32-,33+,34+,35?,36?/m1/s1/i22D/t22?,25-,26-,31+,32-,33+,34+,35?,36?. The molecule has 1 fully saturated rings. The predicted molar refractivity (Wildman–Crippen MR) is 181 cm³/mol. The molecule has 0 aromatic carbocycles. The molecule has 1 heterocycles. The summed E-state index contributed by atoms with van der Waals surface area (Å²) in [7, 11) is 0. The first-order valence-electron chi connectivity index (χ1n) is 19.1. The average Bonchev–Trinajstić information content (AvgIpc) is 3.11. The maximum absolute atomic E-state index is 13.3. The molecule has 0 saturated carbocycles. The number of aliphatic hydroxyl groups excluding tert-OH is 4. The van der Waals surface area contributed by atoms with E-state index in [1.54, 1.807) is 0 Å². The van der Waals surface area contributed by atoms with Gasteiger partial charge in [-0.1, -0.05) is 91.9 Å². The molecular formula is C36H64O14. The fraction of sp³-hybridized carbons (Fsp3) is 0.889. The third kappa shape index (κ3) is 18.2. The minimum Gasteiger partial charge on any atom is -0.463 e. The molecule has 0 spiro atoms. The monoisotopic (exact) mass is 721 g/mol. The third-order valence-corrected chi connectivity index (χ3v) is 8.26. The van der Waals surface area contributed by atoms with Crippen molar-refractivity contribution in [3.63, 3.8) is 0 Å². The Morgan fingerprint density at radius 3 is 1.66 bits per heavy atom. The topological polar surface area (TPSA) is 205 Å². The van der Waals surface area contributed by atoms with Crippen molar-refractivity contribution in [2.75, 3.05) is 13.2 Å². The highest BCUT2D eigenvalue weighted by Crippen LogP contribution is 2.32. The van der Waals surface area contributed by atoms with Crippen LogP contribution in [0.1, 0.15) is 145 Å². The summed E-state index contributed by atoms with van der Waals surface area (Å²) in [5.41, 5.74) is 0. The first-order chi connectivity index (χ1) is 24.4. The molecule has 50 heavy (non-hydrogen) atoms. The minimum absolute atomic E-state index is 0.00588. The summed E-state index contributed by atoms with van der Waals surface area (Å²) < 4.78 is 42.9. The zero-order valence-electron chi connectivity index (χ0n) is 31.5. The predicted octanol–water partition coefficient (Wildman–Crippen LogP) is 4.14. The first-order valence-corrected chi connectivity index (χ1v) is 18.6. The van der Waals surface area contributed by atoms with Crippen molar-refractivity contribution in [2.45, 2.75) is 192 Å². The Kier molecular flexibility index (Phi) is 23.9. The minimum atomic E-state index is -2.23. The lowest BCUT2D eigenvalue weighted by Gasteiger charge is -2.45. The van der Waals surface area contributed by atoms with Gasteiger partial charge in [0.1, 0.15) is 24.9 Å². The average molecular weight is 722 g/mol. The third-order valence-electron chi connectivity index (χ3n) is 8.26. The van der Waals surface area contributed by atoms with Crippen molar-refractivity contribution >= 4 is 23.9 Å². The molecule has 1 aliphatic rings. The molecule has 0 radical (unpaired) electrons. The molecule has 1 aliphatic heterocycles. The summed E-state index contributed by atoms with van der Waals surface area (Å²) in [6.45, 7) is 6.47. The lowest BCUT2D eigenvalue weighted by Crippen LogP contribution is -2.64. The van der Waals surface area contributed by atoms with Crippen LogP contribution >= 0.6 is 0 Å². The molecule has 14 nitrogen and oxygen atoms in total. The van der Waals surface area contributed by atoms with Crippen molar-refractivity contribution in [3.8, 4) is 0 Å². The van der Waals surface area contributed by atoms with E-state index in [0.717, 1.165) is 57.8 Å². The molecule has 3 unspecified atom stereocenters. The number of carbonyl (C=O) groups is 4. The van der Waals surface area contributed by atoms with Crippen molar-refractivity contribution < 1.29 is 69.4 Å². The zero-order chi connectivity index (χ0) is 38.2. The van der Waals surface area contributed by atoms with E-state index >= 15 is 0 Å². The Hall–Kier alpha value is -2.36. The van der Waals surface area contributed by atoms with Gasteiger partial charge in [-0.15, -0.1) is 0 Å². The van der Waals surface area contributed by atoms with Crippen LogP contribution in [-0.2, 0) is 47.6 Å². The van der Waals surface area contributed by atoms with Crippen molar-refractivity contribution in [3.05, 3.63) is 0 Å². The molecule has 4 N–H and O–H groups in total. The second kappa shape index (κ2) is 27.3. The van der Waals surface area contributed by atoms with Crippen LogP contribution in [0, 0.1) is 0 Å². The van der Waals surface area contributed by atoms with Gasteiger partial charge < -0.3 is 48.8 Å². The molecule has 0 amide bonds. The highest BCUT2D eigenvalue weighted by atomic mass is 16.8. The van der Waals surface area contributed by atoms with Crippen molar-refractivity contribution in [2.24, 2.45) is 0 Å². The lowest BCUT2D eigenvalue weighted by atomic mass is 9.97. The number of rotatable bonds is 28. The molecule has 0 aromatic heterocycles. The summed E-state index contributed by atoms with van der Waals surface area (Å²) in [5.74, 6) is -3.00. The van der Waals surface area contributed by atoms with Crippen molar-refractivity contribution in [1.82, 2.24) is 0 Å². The number of unbranched alkanes of at least 4 members (excludes halogenated alkanes) is 9. The zero-order valence-corrected chi connectivity index (χ0v) is 30.5. The summed E-state index contributed by atoms with van der Waals surface area (Å²) >= 11 is 0. The molecular weight excluding hydrogens is 656 g/mol. The largest absolute Gasteiger partial charge is 0.463 e. The van der Waals surface area contributed by atoms with E-state index in [1.807, 2.05) is 27.7 Å². The van der Waals surface area contributed by atoms with Gasteiger partial charge in [-0.25, -0.2) is 0 Å². The van der Waals surface area contributed by atoms with Crippen LogP contribution in [0.5, 0.6) is 0 Å². The Balaban J connectivity index is 3.62. The molecule has 0 aromatic rings. The van der Waals surface area contributed by atoms with Gasteiger partial charge in [-0.2, -0.15) is 0 Å². The number of hydrogen-bond donors (Lipinski definition) is 4. The number of esters is 4. The maximum Gasteiger partial charge on any atom is 0.306 e. The van der Waals surface area contributed by atoms with E-state index in [0.29, 0.717) is 25.7 Å². The summed E-state index contributed by atoms with van der Waals surface area (Å²) in [6, 6.07) is 0. The van der Waals surface area contributed by atoms with E-state index in [1.165, 1.54) is 0 Å². The smallest absolute Gasteiger partial charge is 0.306 e. The van der Waals surface area contributed by atoms with Crippen LogP contribution in [0.2, 0.25) is 0 Å². The Morgan fingerprint density at radius 2 is 1.12 bits per heavy atom. The van der Waals surface area contributed by atoms with Crippen molar-refractivity contribution in [1.29, 1.82) is 0 Å². The van der Waals surface area contributed by atoms with E-state index in [-0.39, 0.29) is 25.7 Å². The molecule has 0 aliphatic carbocycles. The fourth-order valence-corrected chi connectivity index (χ4v) is 5.24. The molecule has 9 atom stereocenters. The molecule has 292 valence electrons. The number of hydrogen-bond acceptors (Lipinski definition) is 14. The van der Waals surface area contributed by atoms with Crippen LogP contribution in [0.3, 0.4) is 0 Å². The molecule has 0 bridgehead atoms. The molecule has 1 rings (SSSR count). The number of carbonyl (C=O) groups excluding carboxylic acids is 4. The van der Waals surface area contributed by atoms with Crippen LogP contribution in [0.15, 0.2) is 0 Å². The van der Waals surface area contributed by atoms with Gasteiger partial charge in [0.25, 0.3) is 0 Å². The summed E-state index contributed by atoms with van der Waals surface area (Å²) in [6.07, 6.45) is -5.81. The van der Waals surface area contributed by atoms with E-state index in [2.05, 4.69) is 0 Å². The summed E-state index contributed by atoms with van der Waals surface area (Å²) in [5, 5.41) is 40.3. The fourth-order valence-electron chi connectivity index (χ4n) is 5.24. The van der Waals surface area contributed by atoms with Gasteiger partial charge in [-0.05, 0) is 25.7 Å². The lowest BCUT2D eigenvalue weighted by molar-refractivity contribution is -0.348. The van der Waals surface area contributed by atoms with Crippen LogP contribution < -0.4 is 0 Å². The van der Waals surface area contributed by atoms with Crippen LogP contribution in [0.4, 0.5) is 0 Å². The normalized spacial score (nSPS) is 23.2. The van der Waals surface area contributed by atoms with Gasteiger partial charge in [0.2, 0.25) is 6.29 Å².